The average molecular weight is 345 g/mol. The Hall–Kier alpha value is -3.53. The van der Waals surface area contributed by atoms with E-state index in [1.165, 1.54) is 7.11 Å². The summed E-state index contributed by atoms with van der Waals surface area (Å²) in [4.78, 5) is 11.3. The molecule has 0 bridgehead atoms. The minimum Gasteiger partial charge on any atom is -0.496 e. The van der Waals surface area contributed by atoms with Crippen LogP contribution in [0.15, 0.2) is 72.8 Å². The molecular formula is C22H19NO3. The molecule has 26 heavy (non-hydrogen) atoms. The third-order valence-corrected chi connectivity index (χ3v) is 3.82. The van der Waals surface area contributed by atoms with Crippen molar-refractivity contribution in [2.75, 3.05) is 7.11 Å². The maximum absolute atomic E-state index is 11.3. The Balaban J connectivity index is 1.71. The molecule has 130 valence electrons. The summed E-state index contributed by atoms with van der Waals surface area (Å²) >= 11 is 0. The lowest BCUT2D eigenvalue weighted by Crippen LogP contribution is -2.12. The molecule has 4 heteroatoms. The first kappa shape index (κ1) is 17.3. The number of primary amides is 1. The summed E-state index contributed by atoms with van der Waals surface area (Å²) in [7, 11) is 1.51. The first-order valence-corrected chi connectivity index (χ1v) is 8.14. The van der Waals surface area contributed by atoms with Gasteiger partial charge in [-0.2, -0.15) is 0 Å². The minimum absolute atomic E-state index is 0.368. The van der Waals surface area contributed by atoms with Gasteiger partial charge in [0.05, 0.1) is 12.7 Å². The number of hydrogen-bond donors (Lipinski definition) is 1. The maximum Gasteiger partial charge on any atom is 0.252 e. The number of para-hydroxylation sites is 1. The molecule has 0 spiro atoms. The van der Waals surface area contributed by atoms with Crippen molar-refractivity contribution in [2.24, 2.45) is 5.73 Å². The summed E-state index contributed by atoms with van der Waals surface area (Å²) in [6.45, 7) is 0. The summed E-state index contributed by atoms with van der Waals surface area (Å²) in [6, 6.07) is 22.7. The topological polar surface area (TPSA) is 61.6 Å². The Kier molecular flexibility index (Phi) is 5.34. The zero-order chi connectivity index (χ0) is 18.4. The molecule has 4 nitrogen and oxygen atoms in total. The molecule has 0 fully saturated rings. The summed E-state index contributed by atoms with van der Waals surface area (Å²) in [5.74, 6) is 1.54. The quantitative estimate of drug-likeness (QED) is 0.655. The third kappa shape index (κ3) is 4.30. The fourth-order valence-electron chi connectivity index (χ4n) is 2.48. The Morgan fingerprint density at radius 1 is 0.846 bits per heavy atom. The number of carbonyl (C=O) groups excluding carboxylic acids is 1. The molecule has 0 saturated carbocycles. The van der Waals surface area contributed by atoms with Crippen molar-refractivity contribution >= 4 is 18.1 Å². The van der Waals surface area contributed by atoms with Gasteiger partial charge < -0.3 is 15.2 Å². The fraction of sp³-hybridized carbons (Fsp3) is 0.0455. The van der Waals surface area contributed by atoms with Crippen LogP contribution < -0.4 is 15.2 Å². The van der Waals surface area contributed by atoms with Crippen LogP contribution in [-0.4, -0.2) is 13.0 Å². The summed E-state index contributed by atoms with van der Waals surface area (Å²) in [5, 5.41) is 0. The first-order chi connectivity index (χ1) is 12.7. The van der Waals surface area contributed by atoms with Gasteiger partial charge in [0.25, 0.3) is 5.91 Å². The van der Waals surface area contributed by atoms with Crippen molar-refractivity contribution in [1.82, 2.24) is 0 Å². The first-order valence-electron chi connectivity index (χ1n) is 8.14. The smallest absolute Gasteiger partial charge is 0.252 e. The van der Waals surface area contributed by atoms with E-state index in [-0.39, 0.29) is 0 Å². The SMILES string of the molecule is COc1cc(C=Cc2ccc(Oc3ccccc3)cc2)ccc1C(N)=O. The highest BCUT2D eigenvalue weighted by atomic mass is 16.5. The van der Waals surface area contributed by atoms with Gasteiger partial charge in [0.15, 0.2) is 0 Å². The van der Waals surface area contributed by atoms with Crippen LogP contribution >= 0.6 is 0 Å². The van der Waals surface area contributed by atoms with E-state index in [4.69, 9.17) is 15.2 Å². The predicted octanol–water partition coefficient (Wildman–Crippen LogP) is 4.76. The van der Waals surface area contributed by atoms with E-state index < -0.39 is 5.91 Å². The highest BCUT2D eigenvalue weighted by Gasteiger charge is 2.08. The van der Waals surface area contributed by atoms with Crippen molar-refractivity contribution in [3.63, 3.8) is 0 Å². The largest absolute Gasteiger partial charge is 0.496 e. The van der Waals surface area contributed by atoms with Gasteiger partial charge in [-0.15, -0.1) is 0 Å². The van der Waals surface area contributed by atoms with Gasteiger partial charge in [-0.3, -0.25) is 4.79 Å². The van der Waals surface area contributed by atoms with Crippen LogP contribution in [0.1, 0.15) is 21.5 Å². The van der Waals surface area contributed by atoms with E-state index in [1.807, 2.05) is 72.8 Å². The Labute approximate surface area is 152 Å². The van der Waals surface area contributed by atoms with Crippen LogP contribution in [0.2, 0.25) is 0 Å². The zero-order valence-electron chi connectivity index (χ0n) is 14.4. The average Bonchev–Trinajstić information content (AvgIpc) is 2.68. The molecule has 3 aromatic rings. The van der Waals surface area contributed by atoms with Gasteiger partial charge in [-0.25, -0.2) is 0 Å². The molecule has 0 aromatic heterocycles. The van der Waals surface area contributed by atoms with Crippen LogP contribution in [0.3, 0.4) is 0 Å². The second-order valence-electron chi connectivity index (χ2n) is 5.64. The summed E-state index contributed by atoms with van der Waals surface area (Å²) in [5.41, 5.74) is 7.64. The standard InChI is InChI=1S/C22H19NO3/c1-25-21-15-17(11-14-20(21)22(23)24)8-7-16-9-12-19(13-10-16)26-18-5-3-2-4-6-18/h2-15H,1H3,(H2,23,24). The Bertz CT molecular complexity index is 916. The molecule has 0 aliphatic carbocycles. The van der Waals surface area contributed by atoms with E-state index >= 15 is 0 Å². The lowest BCUT2D eigenvalue weighted by molar-refractivity contribution is 0.0997. The predicted molar refractivity (Wildman–Crippen MR) is 103 cm³/mol. The van der Waals surface area contributed by atoms with Crippen LogP contribution in [0.5, 0.6) is 17.2 Å². The third-order valence-electron chi connectivity index (χ3n) is 3.82. The number of methoxy groups -OCH3 is 1. The molecule has 3 rings (SSSR count). The molecule has 0 aliphatic rings. The van der Waals surface area contributed by atoms with Crippen LogP contribution in [0.25, 0.3) is 12.2 Å². The van der Waals surface area contributed by atoms with Crippen molar-refractivity contribution < 1.29 is 14.3 Å². The Morgan fingerprint density at radius 3 is 2.12 bits per heavy atom. The molecule has 2 N–H and O–H groups in total. The van der Waals surface area contributed by atoms with Crippen LogP contribution in [0, 0.1) is 0 Å². The molecule has 0 saturated heterocycles. The molecule has 0 radical (unpaired) electrons. The second-order valence-corrected chi connectivity index (χ2v) is 5.64. The van der Waals surface area contributed by atoms with Gasteiger partial charge in [-0.05, 0) is 47.5 Å². The van der Waals surface area contributed by atoms with E-state index in [0.717, 1.165) is 22.6 Å². The van der Waals surface area contributed by atoms with Crippen molar-refractivity contribution in [3.05, 3.63) is 89.5 Å². The number of amides is 1. The Morgan fingerprint density at radius 2 is 1.46 bits per heavy atom. The number of rotatable bonds is 6. The summed E-state index contributed by atoms with van der Waals surface area (Å²) < 4.78 is 11.0. The van der Waals surface area contributed by atoms with Gasteiger partial charge >= 0.3 is 0 Å². The van der Waals surface area contributed by atoms with Crippen LogP contribution in [0.4, 0.5) is 0 Å². The summed E-state index contributed by atoms with van der Waals surface area (Å²) in [6.07, 6.45) is 3.92. The number of benzene rings is 3. The van der Waals surface area contributed by atoms with Gasteiger partial charge in [0.2, 0.25) is 0 Å². The van der Waals surface area contributed by atoms with Gasteiger partial charge in [0, 0.05) is 0 Å². The van der Waals surface area contributed by atoms with Crippen molar-refractivity contribution in [2.45, 2.75) is 0 Å². The molecule has 0 atom stereocenters. The van der Waals surface area contributed by atoms with Crippen LogP contribution in [-0.2, 0) is 0 Å². The number of nitrogens with two attached hydrogens (primary N) is 1. The van der Waals surface area contributed by atoms with E-state index in [0.29, 0.717) is 11.3 Å². The minimum atomic E-state index is -0.508. The lowest BCUT2D eigenvalue weighted by atomic mass is 10.1. The van der Waals surface area contributed by atoms with E-state index in [2.05, 4.69) is 0 Å². The zero-order valence-corrected chi connectivity index (χ0v) is 14.4. The molecule has 1 amide bonds. The normalized spacial score (nSPS) is 10.7. The molecule has 0 unspecified atom stereocenters. The highest BCUT2D eigenvalue weighted by molar-refractivity contribution is 5.96. The molecule has 3 aromatic carbocycles. The fourth-order valence-corrected chi connectivity index (χ4v) is 2.48. The second kappa shape index (κ2) is 8.03. The van der Waals surface area contributed by atoms with E-state index in [9.17, 15) is 4.79 Å². The number of ether oxygens (including phenoxy) is 2. The van der Waals surface area contributed by atoms with Gasteiger partial charge in [0.1, 0.15) is 17.2 Å². The van der Waals surface area contributed by atoms with Crippen molar-refractivity contribution in [3.8, 4) is 17.2 Å². The lowest BCUT2D eigenvalue weighted by Gasteiger charge is -2.06. The molecule has 0 aliphatic heterocycles. The molecular weight excluding hydrogens is 326 g/mol. The van der Waals surface area contributed by atoms with Gasteiger partial charge in [-0.1, -0.05) is 48.6 Å². The van der Waals surface area contributed by atoms with Crippen molar-refractivity contribution in [1.29, 1.82) is 0 Å². The molecule has 0 heterocycles. The van der Waals surface area contributed by atoms with E-state index in [1.54, 1.807) is 12.1 Å². The monoisotopic (exact) mass is 345 g/mol. The number of hydrogen-bond acceptors (Lipinski definition) is 3. The maximum atomic E-state index is 11.3. The highest BCUT2D eigenvalue weighted by Crippen LogP contribution is 2.23. The number of carbonyl (C=O) groups is 1.